The van der Waals surface area contributed by atoms with E-state index in [0.717, 1.165) is 5.56 Å². The predicted molar refractivity (Wildman–Crippen MR) is 109 cm³/mol. The van der Waals surface area contributed by atoms with Gasteiger partial charge in [0.25, 0.3) is 11.5 Å². The molecule has 0 spiro atoms. The molecule has 0 saturated carbocycles. The molecule has 0 aliphatic carbocycles. The van der Waals surface area contributed by atoms with Crippen LogP contribution in [0, 0.1) is 0 Å². The minimum Gasteiger partial charge on any atom is -0.497 e. The van der Waals surface area contributed by atoms with E-state index in [2.05, 4.69) is 5.32 Å². The van der Waals surface area contributed by atoms with Crippen molar-refractivity contribution < 1.29 is 14.3 Å². The summed E-state index contributed by atoms with van der Waals surface area (Å²) in [6.45, 7) is 0.269. The normalized spacial score (nSPS) is 10.4. The zero-order valence-corrected chi connectivity index (χ0v) is 16.2. The maximum Gasteiger partial charge on any atom is 0.263 e. The molecule has 0 radical (unpaired) electrons. The van der Waals surface area contributed by atoms with Gasteiger partial charge in [0, 0.05) is 17.3 Å². The number of benzene rings is 2. The van der Waals surface area contributed by atoms with Crippen LogP contribution in [0.2, 0.25) is 5.02 Å². The average Bonchev–Trinajstić information content (AvgIpc) is 2.71. The number of halogens is 1. The van der Waals surface area contributed by atoms with Gasteiger partial charge in [0.05, 0.1) is 26.5 Å². The highest BCUT2D eigenvalue weighted by Gasteiger charge is 2.15. The number of methoxy groups -OCH3 is 2. The van der Waals surface area contributed by atoms with E-state index < -0.39 is 11.5 Å². The van der Waals surface area contributed by atoms with Gasteiger partial charge in [-0.05, 0) is 35.9 Å². The number of carbonyl (C=O) groups is 1. The molecule has 0 atom stereocenters. The van der Waals surface area contributed by atoms with Crippen molar-refractivity contribution in [1.29, 1.82) is 0 Å². The summed E-state index contributed by atoms with van der Waals surface area (Å²) in [7, 11) is 3.03. The lowest BCUT2D eigenvalue weighted by atomic mass is 10.2. The van der Waals surface area contributed by atoms with Gasteiger partial charge in [0.1, 0.15) is 17.1 Å². The van der Waals surface area contributed by atoms with Gasteiger partial charge < -0.3 is 19.4 Å². The van der Waals surface area contributed by atoms with Crippen LogP contribution in [-0.2, 0) is 6.54 Å². The minimum atomic E-state index is -0.526. The second-order valence-corrected chi connectivity index (χ2v) is 6.37. The van der Waals surface area contributed by atoms with Crippen LogP contribution in [0.5, 0.6) is 11.5 Å². The fraction of sp³-hybridized carbons (Fsp3) is 0.143. The van der Waals surface area contributed by atoms with Crippen LogP contribution in [0.1, 0.15) is 15.9 Å². The van der Waals surface area contributed by atoms with Gasteiger partial charge in [-0.2, -0.15) is 0 Å². The average molecular weight is 399 g/mol. The topological polar surface area (TPSA) is 69.6 Å². The van der Waals surface area contributed by atoms with Gasteiger partial charge >= 0.3 is 0 Å². The van der Waals surface area contributed by atoms with Crippen molar-refractivity contribution >= 4 is 23.2 Å². The molecule has 0 bridgehead atoms. The minimum absolute atomic E-state index is 0.0208. The summed E-state index contributed by atoms with van der Waals surface area (Å²) in [6.07, 6.45) is 1.62. The van der Waals surface area contributed by atoms with Crippen LogP contribution in [-0.4, -0.2) is 24.7 Å². The van der Waals surface area contributed by atoms with Crippen molar-refractivity contribution in [2.45, 2.75) is 6.54 Å². The number of nitrogens with zero attached hydrogens (tertiary/aromatic N) is 1. The van der Waals surface area contributed by atoms with Gasteiger partial charge in [0.15, 0.2) is 0 Å². The van der Waals surface area contributed by atoms with Crippen molar-refractivity contribution in [3.8, 4) is 11.5 Å². The molecule has 0 aliphatic rings. The Balaban J connectivity index is 1.87. The van der Waals surface area contributed by atoms with E-state index in [9.17, 15) is 9.59 Å². The molecule has 144 valence electrons. The number of carbonyl (C=O) groups excluding carboxylic acids is 1. The fourth-order valence-electron chi connectivity index (χ4n) is 2.74. The molecule has 0 fully saturated rings. The molecule has 1 N–H and O–H groups in total. The number of hydrogen-bond donors (Lipinski definition) is 1. The molecular weight excluding hydrogens is 380 g/mol. The Bertz CT molecular complexity index is 1060. The molecule has 28 heavy (non-hydrogen) atoms. The third kappa shape index (κ3) is 4.18. The molecule has 1 aromatic heterocycles. The third-order valence-corrected chi connectivity index (χ3v) is 4.59. The van der Waals surface area contributed by atoms with E-state index in [1.54, 1.807) is 43.6 Å². The van der Waals surface area contributed by atoms with Gasteiger partial charge in [-0.3, -0.25) is 9.59 Å². The zero-order valence-electron chi connectivity index (χ0n) is 15.4. The van der Waals surface area contributed by atoms with Crippen molar-refractivity contribution in [1.82, 2.24) is 4.57 Å². The Morgan fingerprint density at radius 1 is 1.07 bits per heavy atom. The Morgan fingerprint density at radius 2 is 1.86 bits per heavy atom. The van der Waals surface area contributed by atoms with Crippen LogP contribution in [0.25, 0.3) is 0 Å². The number of anilines is 1. The first-order valence-corrected chi connectivity index (χ1v) is 8.87. The molecule has 3 aromatic rings. The van der Waals surface area contributed by atoms with Crippen LogP contribution < -0.4 is 20.3 Å². The second kappa shape index (κ2) is 8.63. The summed E-state index contributed by atoms with van der Waals surface area (Å²) in [5, 5.41) is 3.28. The van der Waals surface area contributed by atoms with E-state index in [4.69, 9.17) is 21.1 Å². The van der Waals surface area contributed by atoms with Crippen molar-refractivity contribution in [3.05, 3.63) is 87.3 Å². The maximum atomic E-state index is 12.8. The van der Waals surface area contributed by atoms with Crippen LogP contribution in [0.3, 0.4) is 0 Å². The quantitative estimate of drug-likeness (QED) is 0.685. The predicted octanol–water partition coefficient (Wildman–Crippen LogP) is 3.82. The van der Waals surface area contributed by atoms with E-state index in [0.29, 0.717) is 22.2 Å². The molecule has 6 nitrogen and oxygen atoms in total. The highest BCUT2D eigenvalue weighted by molar-refractivity contribution is 6.31. The molecule has 0 aliphatic heterocycles. The number of hydrogen-bond acceptors (Lipinski definition) is 4. The summed E-state index contributed by atoms with van der Waals surface area (Å²) >= 11 is 6.18. The van der Waals surface area contributed by atoms with Crippen molar-refractivity contribution in [2.24, 2.45) is 0 Å². The van der Waals surface area contributed by atoms with Crippen LogP contribution in [0.4, 0.5) is 5.69 Å². The van der Waals surface area contributed by atoms with Gasteiger partial charge in [-0.15, -0.1) is 0 Å². The molecule has 2 aromatic carbocycles. The molecule has 3 rings (SSSR count). The summed E-state index contributed by atoms with van der Waals surface area (Å²) in [5.74, 6) is 0.499. The highest BCUT2D eigenvalue weighted by Crippen LogP contribution is 2.29. The Hall–Kier alpha value is -3.25. The molecule has 0 unspecified atom stereocenters. The number of pyridine rings is 1. The lowest BCUT2D eigenvalue weighted by Crippen LogP contribution is -2.29. The molecule has 0 saturated heterocycles. The molecule has 1 heterocycles. The molecule has 7 heteroatoms. The van der Waals surface area contributed by atoms with Crippen molar-refractivity contribution in [3.63, 3.8) is 0 Å². The first-order valence-electron chi connectivity index (χ1n) is 8.49. The third-order valence-electron chi connectivity index (χ3n) is 4.22. The summed E-state index contributed by atoms with van der Waals surface area (Å²) in [4.78, 5) is 25.5. The van der Waals surface area contributed by atoms with Crippen LogP contribution in [0.15, 0.2) is 65.6 Å². The maximum absolute atomic E-state index is 12.8. The van der Waals surface area contributed by atoms with E-state index in [1.165, 1.54) is 17.7 Å². The van der Waals surface area contributed by atoms with Crippen LogP contribution >= 0.6 is 11.6 Å². The number of nitrogens with one attached hydrogen (secondary N) is 1. The summed E-state index contributed by atoms with van der Waals surface area (Å²) in [6, 6.07) is 15.4. The largest absolute Gasteiger partial charge is 0.497 e. The molecule has 1 amide bonds. The number of rotatable bonds is 6. The van der Waals surface area contributed by atoms with E-state index >= 15 is 0 Å². The first-order chi connectivity index (χ1) is 13.5. The number of ether oxygens (including phenoxy) is 2. The zero-order chi connectivity index (χ0) is 20.1. The molecular formula is C21H19ClN2O4. The Labute approximate surface area is 167 Å². The first kappa shape index (κ1) is 19.5. The lowest BCUT2D eigenvalue weighted by molar-refractivity contribution is 0.102. The van der Waals surface area contributed by atoms with Gasteiger partial charge in [-0.1, -0.05) is 29.8 Å². The lowest BCUT2D eigenvalue weighted by Gasteiger charge is -2.12. The highest BCUT2D eigenvalue weighted by atomic mass is 35.5. The smallest absolute Gasteiger partial charge is 0.263 e. The standard InChI is InChI=1S/C21H19ClN2O4/c1-27-15-9-10-18(19(12-15)28-2)23-20(25)16-7-5-11-24(21(16)26)13-14-6-3-4-8-17(14)22/h3-12H,13H2,1-2H3,(H,23,25). The summed E-state index contributed by atoms with van der Waals surface area (Å²) in [5.41, 5.74) is 0.842. The van der Waals surface area contributed by atoms with Gasteiger partial charge in [0.2, 0.25) is 0 Å². The monoisotopic (exact) mass is 398 g/mol. The summed E-state index contributed by atoms with van der Waals surface area (Å²) < 4.78 is 11.9. The van der Waals surface area contributed by atoms with Gasteiger partial charge in [-0.25, -0.2) is 0 Å². The Kier molecular flexibility index (Phi) is 6.01. The second-order valence-electron chi connectivity index (χ2n) is 5.97. The van der Waals surface area contributed by atoms with Crippen molar-refractivity contribution in [2.75, 3.05) is 19.5 Å². The fourth-order valence-corrected chi connectivity index (χ4v) is 2.93. The van der Waals surface area contributed by atoms with E-state index in [-0.39, 0.29) is 12.1 Å². The van der Waals surface area contributed by atoms with E-state index in [1.807, 2.05) is 18.2 Å². The number of amides is 1. The SMILES string of the molecule is COc1ccc(NC(=O)c2cccn(Cc3ccccc3Cl)c2=O)c(OC)c1. The number of aromatic nitrogens is 1. The Morgan fingerprint density at radius 3 is 2.57 bits per heavy atom.